The quantitative estimate of drug-likeness (QED) is 0.596. The number of hydrogen-bond acceptors (Lipinski definition) is 3. The van der Waals surface area contributed by atoms with Gasteiger partial charge in [-0.2, -0.15) is 0 Å². The number of hydrogen-bond donors (Lipinski definition) is 0. The summed E-state index contributed by atoms with van der Waals surface area (Å²) in [4.78, 5) is 11.2. The molecule has 106 valence electrons. The van der Waals surface area contributed by atoms with Crippen LogP contribution < -0.4 is 9.16 Å². The molecule has 1 rings (SSSR count). The Bertz CT molecular complexity index is 447. The molecular formula is C15H24O3Si. The molecule has 0 unspecified atom stereocenters. The molecule has 0 aliphatic heterocycles. The molecule has 0 heterocycles. The average Bonchev–Trinajstić information content (AvgIpc) is 2.29. The van der Waals surface area contributed by atoms with Gasteiger partial charge in [-0.1, -0.05) is 20.8 Å². The third kappa shape index (κ3) is 3.83. The van der Waals surface area contributed by atoms with Gasteiger partial charge in [0.1, 0.15) is 11.5 Å². The molecule has 0 aromatic heterocycles. The summed E-state index contributed by atoms with van der Waals surface area (Å²) in [5.41, 5.74) is 0.552. The molecule has 0 aliphatic carbocycles. The number of rotatable bonds is 5. The normalized spacial score (nSPS) is 12.1. The highest BCUT2D eigenvalue weighted by Crippen LogP contribution is 2.38. The van der Waals surface area contributed by atoms with Crippen molar-refractivity contribution < 1.29 is 14.0 Å². The Balaban J connectivity index is 3.05. The zero-order valence-corrected chi connectivity index (χ0v) is 13.7. The van der Waals surface area contributed by atoms with E-state index >= 15 is 0 Å². The van der Waals surface area contributed by atoms with Crippen LogP contribution in [0.3, 0.4) is 0 Å². The molecule has 0 radical (unpaired) electrons. The van der Waals surface area contributed by atoms with Crippen LogP contribution in [-0.4, -0.2) is 21.2 Å². The van der Waals surface area contributed by atoms with Crippen molar-refractivity contribution in [3.8, 4) is 11.5 Å². The maximum absolute atomic E-state index is 11.2. The summed E-state index contributed by atoms with van der Waals surface area (Å²) in [5, 5.41) is 0.103. The van der Waals surface area contributed by atoms with E-state index in [-0.39, 0.29) is 5.04 Å². The zero-order valence-electron chi connectivity index (χ0n) is 12.7. The molecule has 0 spiro atoms. The van der Waals surface area contributed by atoms with Gasteiger partial charge in [-0.3, -0.25) is 4.79 Å². The molecule has 0 bridgehead atoms. The van der Waals surface area contributed by atoms with Gasteiger partial charge >= 0.3 is 0 Å². The van der Waals surface area contributed by atoms with Gasteiger partial charge in [0.05, 0.1) is 12.2 Å². The van der Waals surface area contributed by atoms with Crippen LogP contribution in [-0.2, 0) is 0 Å². The predicted molar refractivity (Wildman–Crippen MR) is 80.8 cm³/mol. The monoisotopic (exact) mass is 280 g/mol. The van der Waals surface area contributed by atoms with Crippen molar-refractivity contribution in [1.29, 1.82) is 0 Å². The van der Waals surface area contributed by atoms with Crippen LogP contribution in [0.1, 0.15) is 38.1 Å². The standard InChI is InChI=1S/C15H24O3Si/c1-7-17-13-8-9-14(12(10-13)11-16)18-19(5,6)15(2,3)4/h8-11H,7H2,1-6H3. The summed E-state index contributed by atoms with van der Waals surface area (Å²) in [7, 11) is -1.93. The first-order chi connectivity index (χ1) is 8.71. The molecule has 0 atom stereocenters. The van der Waals surface area contributed by atoms with Crippen molar-refractivity contribution in [3.63, 3.8) is 0 Å². The Morgan fingerprint density at radius 3 is 2.37 bits per heavy atom. The van der Waals surface area contributed by atoms with E-state index in [4.69, 9.17) is 9.16 Å². The van der Waals surface area contributed by atoms with E-state index in [1.807, 2.05) is 19.1 Å². The topological polar surface area (TPSA) is 35.5 Å². The van der Waals surface area contributed by atoms with Gasteiger partial charge in [-0.05, 0) is 43.3 Å². The minimum absolute atomic E-state index is 0.103. The van der Waals surface area contributed by atoms with Gasteiger partial charge < -0.3 is 9.16 Å². The number of aldehydes is 1. The van der Waals surface area contributed by atoms with Gasteiger partial charge in [0.25, 0.3) is 8.32 Å². The van der Waals surface area contributed by atoms with Gasteiger partial charge in [0.2, 0.25) is 0 Å². The zero-order chi connectivity index (χ0) is 14.7. The number of benzene rings is 1. The van der Waals surface area contributed by atoms with Gasteiger partial charge in [-0.15, -0.1) is 0 Å². The van der Waals surface area contributed by atoms with Crippen LogP contribution in [0.4, 0.5) is 0 Å². The van der Waals surface area contributed by atoms with E-state index in [0.717, 1.165) is 6.29 Å². The molecular weight excluding hydrogens is 256 g/mol. The Morgan fingerprint density at radius 1 is 1.26 bits per heavy atom. The molecule has 3 nitrogen and oxygen atoms in total. The number of carbonyl (C=O) groups is 1. The van der Waals surface area contributed by atoms with Crippen LogP contribution >= 0.6 is 0 Å². The summed E-state index contributed by atoms with van der Waals surface area (Å²) in [6.45, 7) is 13.4. The van der Waals surface area contributed by atoms with Crippen molar-refractivity contribution >= 4 is 14.6 Å². The summed E-state index contributed by atoms with van der Waals surface area (Å²) >= 11 is 0. The van der Waals surface area contributed by atoms with Crippen LogP contribution in [0, 0.1) is 0 Å². The molecule has 0 fully saturated rings. The molecule has 0 aliphatic rings. The molecule has 0 saturated heterocycles. The molecule has 4 heteroatoms. The largest absolute Gasteiger partial charge is 0.543 e. The average molecular weight is 280 g/mol. The van der Waals surface area contributed by atoms with Crippen LogP contribution in [0.15, 0.2) is 18.2 Å². The summed E-state index contributed by atoms with van der Waals surface area (Å²) in [5.74, 6) is 1.36. The van der Waals surface area contributed by atoms with Crippen LogP contribution in [0.5, 0.6) is 11.5 Å². The lowest BCUT2D eigenvalue weighted by molar-refractivity contribution is 0.112. The van der Waals surface area contributed by atoms with Crippen molar-refractivity contribution in [2.75, 3.05) is 6.61 Å². The first kappa shape index (κ1) is 15.8. The number of ether oxygens (including phenoxy) is 1. The van der Waals surface area contributed by atoms with E-state index in [2.05, 4.69) is 33.9 Å². The Kier molecular flexibility index (Phi) is 4.79. The second-order valence-electron chi connectivity index (χ2n) is 6.11. The lowest BCUT2D eigenvalue weighted by atomic mass is 10.2. The summed E-state index contributed by atoms with van der Waals surface area (Å²) in [6.07, 6.45) is 0.824. The van der Waals surface area contributed by atoms with Gasteiger partial charge in [-0.25, -0.2) is 0 Å². The molecule has 0 saturated carbocycles. The maximum atomic E-state index is 11.2. The first-order valence-electron chi connectivity index (χ1n) is 6.62. The highest BCUT2D eigenvalue weighted by molar-refractivity contribution is 6.74. The summed E-state index contributed by atoms with van der Waals surface area (Å²) < 4.78 is 11.6. The second kappa shape index (κ2) is 5.78. The van der Waals surface area contributed by atoms with E-state index in [1.165, 1.54) is 0 Å². The van der Waals surface area contributed by atoms with E-state index in [9.17, 15) is 4.79 Å². The van der Waals surface area contributed by atoms with E-state index < -0.39 is 8.32 Å². The van der Waals surface area contributed by atoms with Crippen molar-refractivity contribution in [2.45, 2.75) is 45.8 Å². The fourth-order valence-electron chi connectivity index (χ4n) is 1.40. The predicted octanol–water partition coefficient (Wildman–Crippen LogP) is 4.28. The van der Waals surface area contributed by atoms with Crippen molar-refractivity contribution in [3.05, 3.63) is 23.8 Å². The van der Waals surface area contributed by atoms with Crippen molar-refractivity contribution in [2.24, 2.45) is 0 Å². The highest BCUT2D eigenvalue weighted by Gasteiger charge is 2.39. The fraction of sp³-hybridized carbons (Fsp3) is 0.533. The highest BCUT2D eigenvalue weighted by atomic mass is 28.4. The Morgan fingerprint density at radius 2 is 1.89 bits per heavy atom. The number of carbonyl (C=O) groups excluding carboxylic acids is 1. The molecule has 0 N–H and O–H groups in total. The molecule has 19 heavy (non-hydrogen) atoms. The Hall–Kier alpha value is -1.29. The minimum Gasteiger partial charge on any atom is -0.543 e. The van der Waals surface area contributed by atoms with Crippen LogP contribution in [0.25, 0.3) is 0 Å². The van der Waals surface area contributed by atoms with E-state index in [1.54, 1.807) is 6.07 Å². The van der Waals surface area contributed by atoms with Crippen LogP contribution in [0.2, 0.25) is 18.1 Å². The van der Waals surface area contributed by atoms with Gasteiger partial charge in [0, 0.05) is 0 Å². The molecule has 1 aromatic carbocycles. The third-order valence-corrected chi connectivity index (χ3v) is 7.93. The lowest BCUT2D eigenvalue weighted by Crippen LogP contribution is -2.44. The van der Waals surface area contributed by atoms with Crippen molar-refractivity contribution in [1.82, 2.24) is 0 Å². The SMILES string of the molecule is CCOc1ccc(O[Si](C)(C)C(C)(C)C)c(C=O)c1. The van der Waals surface area contributed by atoms with E-state index in [0.29, 0.717) is 23.7 Å². The minimum atomic E-state index is -1.93. The fourth-order valence-corrected chi connectivity index (χ4v) is 2.44. The lowest BCUT2D eigenvalue weighted by Gasteiger charge is -2.36. The van der Waals surface area contributed by atoms with Gasteiger partial charge in [0.15, 0.2) is 6.29 Å². The summed E-state index contributed by atoms with van der Waals surface area (Å²) in [6, 6.07) is 5.41. The second-order valence-corrected chi connectivity index (χ2v) is 10.8. The smallest absolute Gasteiger partial charge is 0.250 e. The third-order valence-electron chi connectivity index (χ3n) is 3.59. The molecule has 1 aromatic rings. The maximum Gasteiger partial charge on any atom is 0.250 e. The first-order valence-corrected chi connectivity index (χ1v) is 9.53. The molecule has 0 amide bonds. The Labute approximate surface area is 117 Å².